The third-order valence-electron chi connectivity index (χ3n) is 5.77. The van der Waals surface area contributed by atoms with Gasteiger partial charge in [-0.05, 0) is 45.2 Å². The Morgan fingerprint density at radius 3 is 2.38 bits per heavy atom. The van der Waals surface area contributed by atoms with E-state index in [1.165, 1.54) is 0 Å². The summed E-state index contributed by atoms with van der Waals surface area (Å²) in [6, 6.07) is 9.91. The number of hydrogen-bond donors (Lipinski definition) is 1. The largest absolute Gasteiger partial charge is 0.352 e. The molecular weight excluding hydrogens is 368 g/mol. The molecule has 0 radical (unpaired) electrons. The molecule has 3 amide bonds. The fourth-order valence-electron chi connectivity index (χ4n) is 4.36. The van der Waals surface area contributed by atoms with Crippen molar-refractivity contribution in [3.63, 3.8) is 0 Å². The lowest BCUT2D eigenvalue weighted by Crippen LogP contribution is -2.57. The van der Waals surface area contributed by atoms with Crippen LogP contribution in [0, 0.1) is 0 Å². The summed E-state index contributed by atoms with van der Waals surface area (Å²) >= 11 is 0. The van der Waals surface area contributed by atoms with Gasteiger partial charge in [0, 0.05) is 31.2 Å². The third kappa shape index (κ3) is 4.38. The first-order valence-corrected chi connectivity index (χ1v) is 10.6. The van der Waals surface area contributed by atoms with Crippen molar-refractivity contribution in [3.8, 4) is 0 Å². The van der Waals surface area contributed by atoms with Crippen LogP contribution >= 0.6 is 0 Å². The van der Waals surface area contributed by atoms with Gasteiger partial charge >= 0.3 is 0 Å². The van der Waals surface area contributed by atoms with Gasteiger partial charge < -0.3 is 20.0 Å². The molecule has 1 aromatic carbocycles. The predicted octanol–water partition coefficient (Wildman–Crippen LogP) is 1.98. The number of carbonyl (C=O) groups excluding carboxylic acids is 3. The van der Waals surface area contributed by atoms with Crippen LogP contribution in [0.5, 0.6) is 0 Å². The van der Waals surface area contributed by atoms with E-state index in [0.717, 1.165) is 12.1 Å². The predicted molar refractivity (Wildman–Crippen MR) is 112 cm³/mol. The smallest absolute Gasteiger partial charge is 0.250 e. The highest BCUT2D eigenvalue weighted by molar-refractivity contribution is 5.96. The number of carbonyl (C=O) groups is 3. The summed E-state index contributed by atoms with van der Waals surface area (Å²) < 4.78 is 0. The quantitative estimate of drug-likeness (QED) is 0.793. The molecule has 2 aliphatic rings. The van der Waals surface area contributed by atoms with E-state index in [0.29, 0.717) is 39.0 Å². The highest BCUT2D eigenvalue weighted by Crippen LogP contribution is 2.39. The molecule has 7 heteroatoms. The highest BCUT2D eigenvalue weighted by Gasteiger charge is 2.54. The summed E-state index contributed by atoms with van der Waals surface area (Å²) in [5.41, 5.74) is 0.281. The Morgan fingerprint density at radius 1 is 1.14 bits per heavy atom. The highest BCUT2D eigenvalue weighted by atomic mass is 16.2. The molecule has 0 unspecified atom stereocenters. The Balaban J connectivity index is 1.81. The maximum Gasteiger partial charge on any atom is 0.250 e. The fraction of sp³-hybridized carbons (Fsp3) is 0.591. The van der Waals surface area contributed by atoms with Crippen molar-refractivity contribution < 1.29 is 14.4 Å². The molecule has 29 heavy (non-hydrogen) atoms. The van der Waals surface area contributed by atoms with Gasteiger partial charge in [-0.2, -0.15) is 0 Å². The average Bonchev–Trinajstić information content (AvgIpc) is 2.95. The van der Waals surface area contributed by atoms with Crippen molar-refractivity contribution in [2.75, 3.05) is 31.2 Å². The maximum absolute atomic E-state index is 13.5. The zero-order valence-corrected chi connectivity index (χ0v) is 17.7. The van der Waals surface area contributed by atoms with E-state index in [1.54, 1.807) is 4.90 Å². The number of nitrogens with zero attached hydrogens (tertiary/aromatic N) is 3. The fourth-order valence-corrected chi connectivity index (χ4v) is 4.36. The first kappa shape index (κ1) is 21.1. The van der Waals surface area contributed by atoms with Gasteiger partial charge in [-0.1, -0.05) is 25.1 Å². The van der Waals surface area contributed by atoms with Gasteiger partial charge in [-0.25, -0.2) is 0 Å². The lowest BCUT2D eigenvalue weighted by Gasteiger charge is -2.43. The number of rotatable bonds is 6. The molecule has 0 aromatic heterocycles. The standard InChI is InChI=1S/C22H32N4O3/c1-4-8-20(28)24-13-11-22(12-14-24)21(29)25(15-19(27)23-17(2)3)16-26(22)18-9-6-5-7-10-18/h5-7,9-10,17H,4,8,11-16H2,1-3H3,(H,23,27). The van der Waals surface area contributed by atoms with Crippen LogP contribution < -0.4 is 10.2 Å². The number of piperidine rings is 1. The van der Waals surface area contributed by atoms with E-state index in [4.69, 9.17) is 0 Å². The van der Waals surface area contributed by atoms with Crippen LogP contribution in [0.1, 0.15) is 46.5 Å². The second-order valence-corrected chi connectivity index (χ2v) is 8.29. The molecule has 1 spiro atoms. The van der Waals surface area contributed by atoms with Crippen LogP contribution in [0.2, 0.25) is 0 Å². The van der Waals surface area contributed by atoms with Crippen LogP contribution in [0.3, 0.4) is 0 Å². The first-order valence-electron chi connectivity index (χ1n) is 10.6. The van der Waals surface area contributed by atoms with Gasteiger partial charge in [-0.3, -0.25) is 14.4 Å². The number of para-hydroxylation sites is 1. The van der Waals surface area contributed by atoms with Crippen molar-refractivity contribution in [2.45, 2.75) is 58.0 Å². The molecule has 2 saturated heterocycles. The zero-order valence-electron chi connectivity index (χ0n) is 17.7. The van der Waals surface area contributed by atoms with Crippen LogP contribution in [-0.4, -0.2) is 65.4 Å². The minimum absolute atomic E-state index is 0.0113. The summed E-state index contributed by atoms with van der Waals surface area (Å²) in [7, 11) is 0. The molecule has 0 atom stereocenters. The number of amides is 3. The molecule has 1 aromatic rings. The topological polar surface area (TPSA) is 73.0 Å². The van der Waals surface area contributed by atoms with Gasteiger partial charge in [0.25, 0.3) is 5.91 Å². The molecule has 0 bridgehead atoms. The molecule has 2 aliphatic heterocycles. The zero-order chi connectivity index (χ0) is 21.0. The SMILES string of the molecule is CCCC(=O)N1CCC2(CC1)C(=O)N(CC(=O)NC(C)C)CN2c1ccccc1. The van der Waals surface area contributed by atoms with Crippen molar-refractivity contribution >= 4 is 23.4 Å². The molecule has 158 valence electrons. The summed E-state index contributed by atoms with van der Waals surface area (Å²) in [5.74, 6) is 0.00375. The molecule has 0 aliphatic carbocycles. The van der Waals surface area contributed by atoms with Crippen molar-refractivity contribution in [2.24, 2.45) is 0 Å². The normalized spacial score (nSPS) is 18.6. The van der Waals surface area contributed by atoms with E-state index < -0.39 is 5.54 Å². The van der Waals surface area contributed by atoms with Crippen molar-refractivity contribution in [1.29, 1.82) is 0 Å². The Kier molecular flexibility index (Phi) is 6.45. The molecule has 2 heterocycles. The summed E-state index contributed by atoms with van der Waals surface area (Å²) in [6.07, 6.45) is 2.54. The number of benzene rings is 1. The Bertz CT molecular complexity index is 742. The van der Waals surface area contributed by atoms with Gasteiger partial charge in [0.2, 0.25) is 11.8 Å². The van der Waals surface area contributed by atoms with Crippen molar-refractivity contribution in [1.82, 2.24) is 15.1 Å². The summed E-state index contributed by atoms with van der Waals surface area (Å²) in [4.78, 5) is 43.8. The monoisotopic (exact) mass is 400 g/mol. The second-order valence-electron chi connectivity index (χ2n) is 8.29. The molecule has 2 fully saturated rings. The lowest BCUT2D eigenvalue weighted by molar-refractivity contribution is -0.140. The van der Waals surface area contributed by atoms with Crippen LogP contribution in [-0.2, 0) is 14.4 Å². The molecule has 3 rings (SSSR count). The number of hydrogen-bond acceptors (Lipinski definition) is 4. The van der Waals surface area contributed by atoms with E-state index in [9.17, 15) is 14.4 Å². The third-order valence-corrected chi connectivity index (χ3v) is 5.77. The van der Waals surface area contributed by atoms with Crippen molar-refractivity contribution in [3.05, 3.63) is 30.3 Å². The van der Waals surface area contributed by atoms with E-state index in [1.807, 2.05) is 56.0 Å². The number of likely N-dealkylation sites (tertiary alicyclic amines) is 1. The average molecular weight is 401 g/mol. The van der Waals surface area contributed by atoms with E-state index in [2.05, 4.69) is 10.2 Å². The van der Waals surface area contributed by atoms with Gasteiger partial charge in [-0.15, -0.1) is 0 Å². The number of anilines is 1. The maximum atomic E-state index is 13.5. The molecule has 0 saturated carbocycles. The summed E-state index contributed by atoms with van der Waals surface area (Å²) in [5, 5.41) is 2.87. The van der Waals surface area contributed by atoms with Crippen LogP contribution in [0.15, 0.2) is 30.3 Å². The first-order chi connectivity index (χ1) is 13.9. The van der Waals surface area contributed by atoms with Gasteiger partial charge in [0.15, 0.2) is 0 Å². The molecule has 7 nitrogen and oxygen atoms in total. The van der Waals surface area contributed by atoms with Gasteiger partial charge in [0.1, 0.15) is 12.1 Å². The van der Waals surface area contributed by atoms with E-state index in [-0.39, 0.29) is 30.3 Å². The molecule has 1 N–H and O–H groups in total. The minimum atomic E-state index is -0.692. The minimum Gasteiger partial charge on any atom is -0.352 e. The molecular formula is C22H32N4O3. The Hall–Kier alpha value is -2.57. The summed E-state index contributed by atoms with van der Waals surface area (Å²) in [6.45, 7) is 7.40. The van der Waals surface area contributed by atoms with Crippen LogP contribution in [0.4, 0.5) is 5.69 Å². The number of nitrogens with one attached hydrogen (secondary N) is 1. The van der Waals surface area contributed by atoms with Gasteiger partial charge in [0.05, 0.1) is 6.67 Å². The Labute approximate surface area is 173 Å². The Morgan fingerprint density at radius 2 is 1.79 bits per heavy atom. The van der Waals surface area contributed by atoms with Crippen LogP contribution in [0.25, 0.3) is 0 Å². The lowest BCUT2D eigenvalue weighted by atomic mass is 9.85. The second kappa shape index (κ2) is 8.84. The van der Waals surface area contributed by atoms with E-state index >= 15 is 0 Å².